The third-order valence-electron chi connectivity index (χ3n) is 2.97. The molecule has 18 heavy (non-hydrogen) atoms. The summed E-state index contributed by atoms with van der Waals surface area (Å²) in [5.41, 5.74) is 1.09. The van der Waals surface area contributed by atoms with Crippen LogP contribution < -0.4 is 10.1 Å². The fourth-order valence-electron chi connectivity index (χ4n) is 2.15. The Hall–Kier alpha value is -0.770. The number of benzene rings is 1. The van der Waals surface area contributed by atoms with Crippen LogP contribution in [0.4, 0.5) is 0 Å². The Labute approximate surface area is 113 Å². The van der Waals surface area contributed by atoms with E-state index in [1.165, 1.54) is 0 Å². The molecule has 0 spiro atoms. The normalized spacial score (nSPS) is 24.3. The predicted octanol–water partition coefficient (Wildman–Crippen LogP) is 3.18. The number of ether oxygens (including phenoxy) is 2. The smallest absolute Gasteiger partial charge is 0.138 e. The number of nitrogens with one attached hydrogen (secondary N) is 1. The van der Waals surface area contributed by atoms with E-state index in [1.807, 2.05) is 32.0 Å². The predicted molar refractivity (Wildman–Crippen MR) is 73.4 cm³/mol. The molecule has 1 aromatic rings. The van der Waals surface area contributed by atoms with Gasteiger partial charge in [0.1, 0.15) is 5.75 Å². The van der Waals surface area contributed by atoms with E-state index >= 15 is 0 Å². The van der Waals surface area contributed by atoms with E-state index in [-0.39, 0.29) is 12.2 Å². The van der Waals surface area contributed by atoms with E-state index in [1.54, 1.807) is 0 Å². The summed E-state index contributed by atoms with van der Waals surface area (Å²) in [7, 11) is 0. The molecule has 0 aliphatic carbocycles. The molecular weight excluding hydrogens is 250 g/mol. The third kappa shape index (κ3) is 3.16. The largest absolute Gasteiger partial charge is 0.489 e. The minimum Gasteiger partial charge on any atom is -0.489 e. The molecule has 2 rings (SSSR count). The van der Waals surface area contributed by atoms with Crippen molar-refractivity contribution in [1.29, 1.82) is 0 Å². The molecule has 1 N–H and O–H groups in total. The molecule has 1 fully saturated rings. The van der Waals surface area contributed by atoms with Gasteiger partial charge >= 0.3 is 0 Å². The molecule has 2 atom stereocenters. The van der Waals surface area contributed by atoms with Crippen molar-refractivity contribution in [2.45, 2.75) is 39.0 Å². The van der Waals surface area contributed by atoms with Crippen LogP contribution in [0.2, 0.25) is 5.02 Å². The molecule has 1 aromatic carbocycles. The molecule has 0 bridgehead atoms. The second kappa shape index (κ2) is 5.91. The Balaban J connectivity index is 2.17. The Morgan fingerprint density at radius 2 is 2.22 bits per heavy atom. The molecule has 1 aliphatic rings. The number of halogens is 1. The van der Waals surface area contributed by atoms with E-state index in [0.717, 1.165) is 24.5 Å². The number of morpholine rings is 1. The summed E-state index contributed by atoms with van der Waals surface area (Å²) in [5.74, 6) is 0.729. The fraction of sp³-hybridized carbons (Fsp3) is 0.571. The molecule has 1 aliphatic heterocycles. The van der Waals surface area contributed by atoms with Crippen molar-refractivity contribution in [2.24, 2.45) is 0 Å². The second-order valence-electron chi connectivity index (χ2n) is 4.89. The molecule has 4 heteroatoms. The zero-order chi connectivity index (χ0) is 13.1. The third-order valence-corrected chi connectivity index (χ3v) is 3.26. The van der Waals surface area contributed by atoms with Gasteiger partial charge < -0.3 is 14.8 Å². The van der Waals surface area contributed by atoms with Gasteiger partial charge in [-0.1, -0.05) is 17.7 Å². The Bertz CT molecular complexity index is 409. The van der Waals surface area contributed by atoms with Crippen LogP contribution >= 0.6 is 11.6 Å². The van der Waals surface area contributed by atoms with Crippen LogP contribution in [0.3, 0.4) is 0 Å². The summed E-state index contributed by atoms with van der Waals surface area (Å²) in [5, 5.41) is 4.04. The van der Waals surface area contributed by atoms with E-state index in [9.17, 15) is 0 Å². The van der Waals surface area contributed by atoms with Crippen molar-refractivity contribution in [3.05, 3.63) is 28.8 Å². The van der Waals surface area contributed by atoms with Gasteiger partial charge in [0.2, 0.25) is 0 Å². The maximum Gasteiger partial charge on any atom is 0.138 e. The monoisotopic (exact) mass is 269 g/mol. The SMILES string of the molecule is CC(C)Oc1ccc(C2OCCNC2C)cc1Cl. The number of rotatable bonds is 3. The summed E-state index contributed by atoms with van der Waals surface area (Å²) in [6.45, 7) is 7.73. The first-order chi connectivity index (χ1) is 8.58. The van der Waals surface area contributed by atoms with Gasteiger partial charge in [-0.2, -0.15) is 0 Å². The van der Waals surface area contributed by atoms with Crippen molar-refractivity contribution in [3.8, 4) is 5.75 Å². The quantitative estimate of drug-likeness (QED) is 0.914. The summed E-state index contributed by atoms with van der Waals surface area (Å²) >= 11 is 6.24. The highest BCUT2D eigenvalue weighted by Gasteiger charge is 2.24. The Morgan fingerprint density at radius 3 is 2.83 bits per heavy atom. The van der Waals surface area contributed by atoms with Crippen molar-refractivity contribution < 1.29 is 9.47 Å². The molecule has 0 aromatic heterocycles. The minimum absolute atomic E-state index is 0.0596. The molecule has 1 heterocycles. The Morgan fingerprint density at radius 1 is 1.44 bits per heavy atom. The molecule has 0 saturated carbocycles. The zero-order valence-electron chi connectivity index (χ0n) is 11.1. The maximum absolute atomic E-state index is 6.24. The van der Waals surface area contributed by atoms with Crippen LogP contribution in [0.5, 0.6) is 5.75 Å². The van der Waals surface area contributed by atoms with Crippen molar-refractivity contribution >= 4 is 11.6 Å². The van der Waals surface area contributed by atoms with Gasteiger partial charge in [-0.3, -0.25) is 0 Å². The highest BCUT2D eigenvalue weighted by atomic mass is 35.5. The van der Waals surface area contributed by atoms with Gasteiger partial charge in [-0.05, 0) is 38.5 Å². The van der Waals surface area contributed by atoms with Crippen LogP contribution in [-0.2, 0) is 4.74 Å². The average molecular weight is 270 g/mol. The first-order valence-corrected chi connectivity index (χ1v) is 6.77. The van der Waals surface area contributed by atoms with Crippen LogP contribution in [-0.4, -0.2) is 25.3 Å². The lowest BCUT2D eigenvalue weighted by atomic mass is 10.0. The van der Waals surface area contributed by atoms with Crippen LogP contribution in [0.1, 0.15) is 32.4 Å². The topological polar surface area (TPSA) is 30.5 Å². The Kier molecular flexibility index (Phi) is 4.49. The van der Waals surface area contributed by atoms with Gasteiger partial charge in [-0.25, -0.2) is 0 Å². The lowest BCUT2D eigenvalue weighted by molar-refractivity contribution is -0.000251. The first-order valence-electron chi connectivity index (χ1n) is 6.39. The van der Waals surface area contributed by atoms with Crippen LogP contribution in [0, 0.1) is 0 Å². The standard InChI is InChI=1S/C14H20ClNO2/c1-9(2)18-13-5-4-11(8-12(13)15)14-10(3)16-6-7-17-14/h4-5,8-10,14,16H,6-7H2,1-3H3. The van der Waals surface area contributed by atoms with E-state index < -0.39 is 0 Å². The highest BCUT2D eigenvalue weighted by molar-refractivity contribution is 6.32. The number of hydrogen-bond acceptors (Lipinski definition) is 3. The summed E-state index contributed by atoms with van der Waals surface area (Å²) in [6, 6.07) is 6.18. The molecule has 2 unspecified atom stereocenters. The van der Waals surface area contributed by atoms with Gasteiger partial charge in [-0.15, -0.1) is 0 Å². The summed E-state index contributed by atoms with van der Waals surface area (Å²) in [6.07, 6.45) is 0.184. The molecule has 100 valence electrons. The fourth-order valence-corrected chi connectivity index (χ4v) is 2.39. The van der Waals surface area contributed by atoms with Gasteiger partial charge in [0.15, 0.2) is 0 Å². The van der Waals surface area contributed by atoms with Crippen LogP contribution in [0.25, 0.3) is 0 Å². The lowest BCUT2D eigenvalue weighted by Crippen LogP contribution is -2.41. The second-order valence-corrected chi connectivity index (χ2v) is 5.30. The number of hydrogen-bond donors (Lipinski definition) is 1. The maximum atomic E-state index is 6.24. The van der Waals surface area contributed by atoms with Gasteiger partial charge in [0, 0.05) is 12.6 Å². The van der Waals surface area contributed by atoms with Crippen molar-refractivity contribution in [1.82, 2.24) is 5.32 Å². The molecule has 1 saturated heterocycles. The average Bonchev–Trinajstić information content (AvgIpc) is 2.32. The lowest BCUT2D eigenvalue weighted by Gasteiger charge is -2.30. The molecule has 0 radical (unpaired) electrons. The molecular formula is C14H20ClNO2. The zero-order valence-corrected chi connectivity index (χ0v) is 11.8. The van der Waals surface area contributed by atoms with Gasteiger partial charge in [0.25, 0.3) is 0 Å². The summed E-state index contributed by atoms with van der Waals surface area (Å²) < 4.78 is 11.4. The van der Waals surface area contributed by atoms with E-state index in [4.69, 9.17) is 21.1 Å². The van der Waals surface area contributed by atoms with Crippen molar-refractivity contribution in [3.63, 3.8) is 0 Å². The highest BCUT2D eigenvalue weighted by Crippen LogP contribution is 2.31. The first kappa shape index (κ1) is 13.7. The minimum atomic E-state index is 0.0596. The van der Waals surface area contributed by atoms with Crippen LogP contribution in [0.15, 0.2) is 18.2 Å². The van der Waals surface area contributed by atoms with Gasteiger partial charge in [0.05, 0.1) is 23.8 Å². The van der Waals surface area contributed by atoms with E-state index in [2.05, 4.69) is 12.2 Å². The molecule has 0 amide bonds. The van der Waals surface area contributed by atoms with E-state index in [0.29, 0.717) is 11.1 Å². The summed E-state index contributed by atoms with van der Waals surface area (Å²) in [4.78, 5) is 0. The molecule has 3 nitrogen and oxygen atoms in total. The van der Waals surface area contributed by atoms with Crippen molar-refractivity contribution in [2.75, 3.05) is 13.2 Å².